The van der Waals surface area contributed by atoms with Crippen molar-refractivity contribution in [1.82, 2.24) is 24.8 Å². The predicted molar refractivity (Wildman–Crippen MR) is 115 cm³/mol. The molecule has 1 aliphatic heterocycles. The Kier molecular flexibility index (Phi) is 5.39. The van der Waals surface area contributed by atoms with Crippen LogP contribution in [0.2, 0.25) is 0 Å². The maximum atomic E-state index is 5.73. The van der Waals surface area contributed by atoms with Crippen LogP contribution in [-0.4, -0.2) is 31.1 Å². The Morgan fingerprint density at radius 2 is 2.00 bits per heavy atom. The highest BCUT2D eigenvalue weighted by Crippen LogP contribution is 2.39. The minimum Gasteiger partial charge on any atom is -0.352 e. The van der Waals surface area contributed by atoms with Gasteiger partial charge in [0, 0.05) is 43.6 Å². The zero-order chi connectivity index (χ0) is 19.5. The first kappa shape index (κ1) is 18.6. The average Bonchev–Trinajstić information content (AvgIpc) is 3.27. The molecule has 0 bridgehead atoms. The molecule has 0 aromatic carbocycles. The van der Waals surface area contributed by atoms with Crippen molar-refractivity contribution < 1.29 is 0 Å². The highest BCUT2D eigenvalue weighted by Gasteiger charge is 2.41. The number of nitrogens with one attached hydrogen (secondary N) is 1. The SMILES string of the molecule is CC(C)CN1C(=S)N[C@H](c2ccccn2)[C@@H]1c1cccn1Cc1cccnc1. The zero-order valence-corrected chi connectivity index (χ0v) is 17.0. The summed E-state index contributed by atoms with van der Waals surface area (Å²) < 4.78 is 2.29. The van der Waals surface area contributed by atoms with Gasteiger partial charge in [-0.1, -0.05) is 26.0 Å². The lowest BCUT2D eigenvalue weighted by Crippen LogP contribution is -2.33. The normalized spacial score (nSPS) is 19.2. The van der Waals surface area contributed by atoms with E-state index in [0.717, 1.165) is 23.9 Å². The number of hydrogen-bond donors (Lipinski definition) is 1. The highest BCUT2D eigenvalue weighted by atomic mass is 32.1. The third kappa shape index (κ3) is 3.78. The van der Waals surface area contributed by atoms with Gasteiger partial charge in [-0.2, -0.15) is 0 Å². The van der Waals surface area contributed by atoms with E-state index in [1.807, 2.05) is 30.6 Å². The first-order valence-corrected chi connectivity index (χ1v) is 10.1. The third-order valence-electron chi connectivity index (χ3n) is 5.00. The summed E-state index contributed by atoms with van der Waals surface area (Å²) in [7, 11) is 0. The van der Waals surface area contributed by atoms with Crippen LogP contribution in [0.15, 0.2) is 67.3 Å². The van der Waals surface area contributed by atoms with Gasteiger partial charge in [-0.25, -0.2) is 0 Å². The topological polar surface area (TPSA) is 46.0 Å². The number of aromatic nitrogens is 3. The highest BCUT2D eigenvalue weighted by molar-refractivity contribution is 7.80. The molecule has 0 unspecified atom stereocenters. The molecule has 5 nitrogen and oxygen atoms in total. The van der Waals surface area contributed by atoms with E-state index in [9.17, 15) is 0 Å². The summed E-state index contributed by atoms with van der Waals surface area (Å²) in [4.78, 5) is 11.2. The fraction of sp³-hybridized carbons (Fsp3) is 0.318. The molecule has 0 saturated carbocycles. The van der Waals surface area contributed by atoms with Gasteiger partial charge in [0.25, 0.3) is 0 Å². The van der Waals surface area contributed by atoms with Crippen LogP contribution in [0.3, 0.4) is 0 Å². The Balaban J connectivity index is 1.73. The molecule has 1 N–H and O–H groups in total. The van der Waals surface area contributed by atoms with Crippen molar-refractivity contribution in [3.63, 3.8) is 0 Å². The number of nitrogens with zero attached hydrogens (tertiary/aromatic N) is 4. The molecule has 2 atom stereocenters. The Hall–Kier alpha value is -2.73. The van der Waals surface area contributed by atoms with E-state index in [1.54, 1.807) is 6.20 Å². The van der Waals surface area contributed by atoms with Crippen molar-refractivity contribution in [2.45, 2.75) is 32.5 Å². The van der Waals surface area contributed by atoms with Gasteiger partial charge in [-0.15, -0.1) is 0 Å². The molecule has 1 aliphatic rings. The van der Waals surface area contributed by atoms with Crippen molar-refractivity contribution in [2.75, 3.05) is 6.54 Å². The second-order valence-electron chi connectivity index (χ2n) is 7.60. The van der Waals surface area contributed by atoms with Gasteiger partial charge >= 0.3 is 0 Å². The molecule has 0 aliphatic carbocycles. The largest absolute Gasteiger partial charge is 0.352 e. The van der Waals surface area contributed by atoms with Crippen LogP contribution in [0.5, 0.6) is 0 Å². The monoisotopic (exact) mass is 391 g/mol. The van der Waals surface area contributed by atoms with Gasteiger partial charge in [0.15, 0.2) is 5.11 Å². The van der Waals surface area contributed by atoms with E-state index in [1.165, 1.54) is 11.3 Å². The van der Waals surface area contributed by atoms with E-state index in [-0.39, 0.29) is 12.1 Å². The second-order valence-corrected chi connectivity index (χ2v) is 7.98. The minimum absolute atomic E-state index is 0.0231. The predicted octanol–water partition coefficient (Wildman–Crippen LogP) is 3.95. The van der Waals surface area contributed by atoms with Crippen LogP contribution < -0.4 is 5.32 Å². The summed E-state index contributed by atoms with van der Waals surface area (Å²) in [6.07, 6.45) is 7.70. The molecule has 0 amide bonds. The van der Waals surface area contributed by atoms with Crippen LogP contribution in [0.4, 0.5) is 0 Å². The van der Waals surface area contributed by atoms with Gasteiger partial charge in [0.05, 0.1) is 17.8 Å². The van der Waals surface area contributed by atoms with E-state index in [4.69, 9.17) is 12.2 Å². The quantitative estimate of drug-likeness (QED) is 0.645. The Labute approximate surface area is 171 Å². The number of rotatable bonds is 6. The molecule has 4 rings (SSSR count). The van der Waals surface area contributed by atoms with Gasteiger partial charge in [-0.05, 0) is 54.0 Å². The van der Waals surface area contributed by atoms with E-state index < -0.39 is 0 Å². The molecular formula is C22H25N5S. The van der Waals surface area contributed by atoms with Crippen molar-refractivity contribution in [3.05, 3.63) is 84.2 Å². The molecule has 4 heterocycles. The summed E-state index contributed by atoms with van der Waals surface area (Å²) in [6.45, 7) is 6.13. The van der Waals surface area contributed by atoms with Crippen LogP contribution in [0.1, 0.15) is 42.9 Å². The number of pyridine rings is 2. The third-order valence-corrected chi connectivity index (χ3v) is 5.36. The Morgan fingerprint density at radius 3 is 2.71 bits per heavy atom. The summed E-state index contributed by atoms with van der Waals surface area (Å²) in [6, 6.07) is 14.6. The van der Waals surface area contributed by atoms with Crippen molar-refractivity contribution in [2.24, 2.45) is 5.92 Å². The summed E-state index contributed by atoms with van der Waals surface area (Å²) in [5, 5.41) is 4.32. The van der Waals surface area contributed by atoms with Crippen molar-refractivity contribution in [3.8, 4) is 0 Å². The molecule has 0 spiro atoms. The Bertz CT molecular complexity index is 922. The summed E-state index contributed by atoms with van der Waals surface area (Å²) in [5.74, 6) is 0.506. The molecule has 6 heteroatoms. The van der Waals surface area contributed by atoms with Crippen molar-refractivity contribution >= 4 is 17.3 Å². The lowest BCUT2D eigenvalue weighted by Gasteiger charge is -2.30. The van der Waals surface area contributed by atoms with Gasteiger partial charge in [0.2, 0.25) is 0 Å². The molecule has 28 heavy (non-hydrogen) atoms. The van der Waals surface area contributed by atoms with Crippen LogP contribution >= 0.6 is 12.2 Å². The van der Waals surface area contributed by atoms with Gasteiger partial charge < -0.3 is 14.8 Å². The molecule has 1 saturated heterocycles. The molecular weight excluding hydrogens is 366 g/mol. The minimum atomic E-state index is 0.0231. The number of hydrogen-bond acceptors (Lipinski definition) is 3. The first-order chi connectivity index (χ1) is 13.6. The fourth-order valence-corrected chi connectivity index (χ4v) is 4.16. The lowest BCUT2D eigenvalue weighted by molar-refractivity contribution is 0.277. The average molecular weight is 392 g/mol. The number of thiocarbonyl (C=S) groups is 1. The Morgan fingerprint density at radius 1 is 1.11 bits per heavy atom. The van der Waals surface area contributed by atoms with E-state index in [0.29, 0.717) is 5.92 Å². The van der Waals surface area contributed by atoms with E-state index in [2.05, 4.69) is 69.1 Å². The molecule has 3 aromatic rings. The smallest absolute Gasteiger partial charge is 0.170 e. The molecule has 144 valence electrons. The maximum absolute atomic E-state index is 5.73. The summed E-state index contributed by atoms with van der Waals surface area (Å²) >= 11 is 5.73. The lowest BCUT2D eigenvalue weighted by atomic mass is 10.0. The molecule has 0 radical (unpaired) electrons. The van der Waals surface area contributed by atoms with Gasteiger partial charge in [0.1, 0.15) is 0 Å². The molecule has 3 aromatic heterocycles. The van der Waals surface area contributed by atoms with Crippen LogP contribution in [0, 0.1) is 5.92 Å². The first-order valence-electron chi connectivity index (χ1n) is 9.65. The summed E-state index contributed by atoms with van der Waals surface area (Å²) in [5.41, 5.74) is 3.42. The van der Waals surface area contributed by atoms with Crippen LogP contribution in [-0.2, 0) is 6.54 Å². The maximum Gasteiger partial charge on any atom is 0.170 e. The standard InChI is InChI=1S/C22H25N5S/c1-16(2)14-27-21(20(25-22(27)28)18-8-3-4-11-24-18)19-9-6-12-26(19)15-17-7-5-10-23-13-17/h3-13,16,20-21H,14-15H2,1-2H3,(H,25,28)/t20-,21+/m1/s1. The van der Waals surface area contributed by atoms with Crippen LogP contribution in [0.25, 0.3) is 0 Å². The van der Waals surface area contributed by atoms with Gasteiger partial charge in [-0.3, -0.25) is 9.97 Å². The second kappa shape index (κ2) is 8.10. The fourth-order valence-electron chi connectivity index (χ4n) is 3.85. The molecule has 1 fully saturated rings. The van der Waals surface area contributed by atoms with E-state index >= 15 is 0 Å². The van der Waals surface area contributed by atoms with Crippen molar-refractivity contribution in [1.29, 1.82) is 0 Å². The zero-order valence-electron chi connectivity index (χ0n) is 16.2.